The largest absolute Gasteiger partial charge is 0.392 e. The zero-order valence-corrected chi connectivity index (χ0v) is 16.3. The van der Waals surface area contributed by atoms with Crippen LogP contribution in [0, 0.1) is 18.4 Å². The van der Waals surface area contributed by atoms with Crippen molar-refractivity contribution in [3.05, 3.63) is 46.8 Å². The molecule has 1 aliphatic heterocycles. The Hall–Kier alpha value is -1.92. The van der Waals surface area contributed by atoms with Crippen LogP contribution >= 0.6 is 0 Å². The standard InChI is InChI=1S/C21H33N3/c1-10-14(3)17(6)19(13-16(5)22-8)15(4)12-20(24(9)11-2)21-18(7)23-21/h2,12-14,18,21-23H,6,10H2,1,3-5,7-9H3/b16-13-,19-15-,20-12-/t14-,18?,21?/m1/s1. The highest BCUT2D eigenvalue weighted by Gasteiger charge is 2.36. The lowest BCUT2D eigenvalue weighted by Crippen LogP contribution is -2.17. The smallest absolute Gasteiger partial charge is 0.0637 e. The van der Waals surface area contributed by atoms with Crippen molar-refractivity contribution in [3.8, 4) is 12.5 Å². The zero-order valence-electron chi connectivity index (χ0n) is 16.3. The molecule has 2 N–H and O–H groups in total. The summed E-state index contributed by atoms with van der Waals surface area (Å²) in [6.45, 7) is 15.2. The molecule has 132 valence electrons. The number of hydrogen-bond donors (Lipinski definition) is 2. The third-order valence-corrected chi connectivity index (χ3v) is 4.83. The van der Waals surface area contributed by atoms with Crippen LogP contribution in [0.2, 0.25) is 0 Å². The van der Waals surface area contributed by atoms with Gasteiger partial charge in [0, 0.05) is 37.6 Å². The highest BCUT2D eigenvalue weighted by atomic mass is 15.2. The van der Waals surface area contributed by atoms with Crippen LogP contribution in [0.25, 0.3) is 0 Å². The molecule has 0 aliphatic carbocycles. The van der Waals surface area contributed by atoms with Gasteiger partial charge < -0.3 is 15.5 Å². The van der Waals surface area contributed by atoms with E-state index >= 15 is 0 Å². The van der Waals surface area contributed by atoms with Gasteiger partial charge in [-0.25, -0.2) is 0 Å². The summed E-state index contributed by atoms with van der Waals surface area (Å²) in [5, 5.41) is 6.63. The average molecular weight is 328 g/mol. The van der Waals surface area contributed by atoms with Crippen LogP contribution in [0.3, 0.4) is 0 Å². The lowest BCUT2D eigenvalue weighted by molar-refractivity contribution is 0.575. The van der Waals surface area contributed by atoms with Crippen LogP contribution < -0.4 is 10.6 Å². The predicted molar refractivity (Wildman–Crippen MR) is 105 cm³/mol. The van der Waals surface area contributed by atoms with E-state index in [-0.39, 0.29) is 0 Å². The molecule has 1 aliphatic rings. The monoisotopic (exact) mass is 327 g/mol. The van der Waals surface area contributed by atoms with Crippen LogP contribution in [-0.2, 0) is 0 Å². The summed E-state index contributed by atoms with van der Waals surface area (Å²) in [5.41, 5.74) is 5.79. The van der Waals surface area contributed by atoms with Crippen molar-refractivity contribution in [2.24, 2.45) is 5.92 Å². The number of nitrogens with zero attached hydrogens (tertiary/aromatic N) is 1. The minimum absolute atomic E-state index is 0.327. The Morgan fingerprint density at radius 1 is 1.42 bits per heavy atom. The molecule has 0 aromatic heterocycles. The number of likely N-dealkylation sites (N-methyl/N-ethyl adjacent to an activating group) is 1. The van der Waals surface area contributed by atoms with E-state index in [1.807, 2.05) is 19.0 Å². The molecule has 0 saturated carbocycles. The van der Waals surface area contributed by atoms with E-state index in [9.17, 15) is 0 Å². The molecule has 3 nitrogen and oxygen atoms in total. The minimum atomic E-state index is 0.327. The number of allylic oxidation sites excluding steroid dienone is 6. The highest BCUT2D eigenvalue weighted by Crippen LogP contribution is 2.29. The molecule has 0 spiro atoms. The molecule has 0 amide bonds. The second-order valence-corrected chi connectivity index (χ2v) is 6.70. The molecule has 3 heteroatoms. The molecule has 0 radical (unpaired) electrons. The van der Waals surface area contributed by atoms with Crippen molar-refractivity contribution >= 4 is 0 Å². The molecule has 0 aromatic carbocycles. The van der Waals surface area contributed by atoms with Crippen LogP contribution in [0.4, 0.5) is 0 Å². The van der Waals surface area contributed by atoms with E-state index in [1.165, 1.54) is 16.7 Å². The molecule has 0 bridgehead atoms. The van der Waals surface area contributed by atoms with Gasteiger partial charge in [0.1, 0.15) is 0 Å². The van der Waals surface area contributed by atoms with Crippen molar-refractivity contribution < 1.29 is 0 Å². The topological polar surface area (TPSA) is 37.2 Å². The first kappa shape index (κ1) is 20.1. The minimum Gasteiger partial charge on any atom is -0.392 e. The van der Waals surface area contributed by atoms with Crippen LogP contribution in [-0.4, -0.2) is 31.1 Å². The van der Waals surface area contributed by atoms with Crippen LogP contribution in [0.1, 0.15) is 41.0 Å². The summed E-state index contributed by atoms with van der Waals surface area (Å²) in [4.78, 5) is 1.86. The normalized spacial score (nSPS) is 23.1. The Bertz CT molecular complexity index is 601. The molecule has 3 atom stereocenters. The van der Waals surface area contributed by atoms with E-state index < -0.39 is 0 Å². The summed E-state index contributed by atoms with van der Waals surface area (Å²) in [5.74, 6) is 0.441. The van der Waals surface area contributed by atoms with E-state index in [0.717, 1.165) is 17.8 Å². The quantitative estimate of drug-likeness (QED) is 0.308. The predicted octanol–water partition coefficient (Wildman–Crippen LogP) is 3.80. The molecule has 0 aromatic rings. The Morgan fingerprint density at radius 2 is 2.00 bits per heavy atom. The molecule has 1 saturated heterocycles. The van der Waals surface area contributed by atoms with Gasteiger partial charge in [-0.2, -0.15) is 0 Å². The molecular weight excluding hydrogens is 294 g/mol. The van der Waals surface area contributed by atoms with E-state index in [4.69, 9.17) is 6.42 Å². The van der Waals surface area contributed by atoms with Crippen LogP contribution in [0.15, 0.2) is 46.8 Å². The number of nitrogens with one attached hydrogen (secondary N) is 2. The fourth-order valence-electron chi connectivity index (χ4n) is 2.60. The number of rotatable bonds is 8. The lowest BCUT2D eigenvalue weighted by atomic mass is 9.89. The summed E-state index contributed by atoms with van der Waals surface area (Å²) in [6.07, 6.45) is 11.1. The lowest BCUT2D eigenvalue weighted by Gasteiger charge is -2.19. The van der Waals surface area contributed by atoms with E-state index in [0.29, 0.717) is 18.0 Å². The Morgan fingerprint density at radius 3 is 2.42 bits per heavy atom. The summed E-state index contributed by atoms with van der Waals surface area (Å²) in [6, 6.07) is 3.51. The van der Waals surface area contributed by atoms with Crippen molar-refractivity contribution in [1.82, 2.24) is 15.5 Å². The van der Waals surface area contributed by atoms with Gasteiger partial charge in [0.25, 0.3) is 0 Å². The third-order valence-electron chi connectivity index (χ3n) is 4.83. The Balaban J connectivity index is 3.36. The van der Waals surface area contributed by atoms with Crippen molar-refractivity contribution in [2.45, 2.75) is 53.1 Å². The first-order chi connectivity index (χ1) is 11.3. The van der Waals surface area contributed by atoms with Gasteiger partial charge in [0.2, 0.25) is 0 Å². The van der Waals surface area contributed by atoms with Crippen molar-refractivity contribution in [1.29, 1.82) is 0 Å². The van der Waals surface area contributed by atoms with Gasteiger partial charge >= 0.3 is 0 Å². The third kappa shape index (κ3) is 5.04. The molecule has 1 rings (SSSR count). The first-order valence-electron chi connectivity index (χ1n) is 8.70. The Labute approximate surface area is 148 Å². The van der Waals surface area contributed by atoms with Crippen molar-refractivity contribution in [2.75, 3.05) is 14.1 Å². The molecule has 1 heterocycles. The van der Waals surface area contributed by atoms with Gasteiger partial charge in [-0.1, -0.05) is 26.8 Å². The second kappa shape index (κ2) is 8.80. The maximum atomic E-state index is 5.62. The van der Waals surface area contributed by atoms with Gasteiger partial charge in [-0.05, 0) is 62.0 Å². The zero-order chi connectivity index (χ0) is 18.4. The van der Waals surface area contributed by atoms with Gasteiger partial charge in [0.15, 0.2) is 0 Å². The van der Waals surface area contributed by atoms with Gasteiger partial charge in [-0.15, -0.1) is 0 Å². The summed E-state index contributed by atoms with van der Waals surface area (Å²) >= 11 is 0. The van der Waals surface area contributed by atoms with Gasteiger partial charge in [-0.3, -0.25) is 0 Å². The van der Waals surface area contributed by atoms with E-state index in [2.05, 4.69) is 70.0 Å². The second-order valence-electron chi connectivity index (χ2n) is 6.70. The van der Waals surface area contributed by atoms with Crippen molar-refractivity contribution in [3.63, 3.8) is 0 Å². The number of hydrogen-bond acceptors (Lipinski definition) is 3. The van der Waals surface area contributed by atoms with E-state index in [1.54, 1.807) is 0 Å². The van der Waals surface area contributed by atoms with Crippen LogP contribution in [0.5, 0.6) is 0 Å². The molecule has 24 heavy (non-hydrogen) atoms. The Kier molecular flexibility index (Phi) is 7.38. The molecule has 1 fully saturated rings. The maximum absolute atomic E-state index is 5.62. The molecule has 2 unspecified atom stereocenters. The average Bonchev–Trinajstić information content (AvgIpc) is 3.30. The number of terminal acetylenes is 1. The summed E-state index contributed by atoms with van der Waals surface area (Å²) in [7, 11) is 3.87. The molecular formula is C21H33N3. The fraction of sp³-hybridized carbons (Fsp3) is 0.524. The maximum Gasteiger partial charge on any atom is 0.0637 e. The highest BCUT2D eigenvalue weighted by molar-refractivity contribution is 5.48. The van der Waals surface area contributed by atoms with Gasteiger partial charge in [0.05, 0.1) is 6.04 Å². The summed E-state index contributed by atoms with van der Waals surface area (Å²) < 4.78 is 0. The first-order valence-corrected chi connectivity index (χ1v) is 8.70. The SMILES string of the molecule is C#CN(C)\C(=C/C(C)=C(/C=C(/C)NC)C(=C)[C@H](C)CC)C1NC1C. The fourth-order valence-corrected chi connectivity index (χ4v) is 2.60.